The van der Waals surface area contributed by atoms with Gasteiger partial charge < -0.3 is 20.6 Å². The number of amides is 2. The van der Waals surface area contributed by atoms with E-state index >= 15 is 0 Å². The van der Waals surface area contributed by atoms with Gasteiger partial charge in [-0.2, -0.15) is 0 Å². The maximum Gasteiger partial charge on any atom is 0.321 e. The van der Waals surface area contributed by atoms with Crippen LogP contribution in [0.4, 0.5) is 16.3 Å². The van der Waals surface area contributed by atoms with Crippen molar-refractivity contribution in [1.82, 2.24) is 14.9 Å². The average Bonchev–Trinajstić information content (AvgIpc) is 2.66. The number of nitrogens with zero attached hydrogens (tertiary/aromatic N) is 3. The number of hydrogen-bond donors (Lipinski definition) is 3. The molecule has 29 heavy (non-hydrogen) atoms. The minimum atomic E-state index is -3.34. The number of aromatic nitrogens is 2. The topological polar surface area (TPSA) is 125 Å². The van der Waals surface area contributed by atoms with E-state index < -0.39 is 15.1 Å². The molecule has 0 atom stereocenters. The van der Waals surface area contributed by atoms with Gasteiger partial charge in [-0.05, 0) is 38.1 Å². The molecule has 10 heteroatoms. The molecule has 0 spiro atoms. The highest BCUT2D eigenvalue weighted by molar-refractivity contribution is 7.91. The van der Waals surface area contributed by atoms with Gasteiger partial charge in [-0.3, -0.25) is 0 Å². The normalized spacial score (nSPS) is 11.4. The second-order valence-corrected chi connectivity index (χ2v) is 9.53. The van der Waals surface area contributed by atoms with Gasteiger partial charge in [-0.25, -0.2) is 23.2 Å². The van der Waals surface area contributed by atoms with Crippen LogP contribution in [0.25, 0.3) is 11.4 Å². The van der Waals surface area contributed by atoms with Crippen LogP contribution in [0, 0.1) is 0 Å². The van der Waals surface area contributed by atoms with Gasteiger partial charge in [0.15, 0.2) is 15.7 Å². The Morgan fingerprint density at radius 2 is 1.83 bits per heavy atom. The lowest BCUT2D eigenvalue weighted by Gasteiger charge is -2.13. The molecule has 2 aromatic rings. The predicted octanol–water partition coefficient (Wildman–Crippen LogP) is 1.96. The van der Waals surface area contributed by atoms with Crippen LogP contribution in [0.15, 0.2) is 30.3 Å². The fraction of sp³-hybridized carbons (Fsp3) is 0.421. The summed E-state index contributed by atoms with van der Waals surface area (Å²) in [5.74, 6) is 0.584. The van der Waals surface area contributed by atoms with Crippen LogP contribution in [-0.4, -0.2) is 66.9 Å². The number of hydrogen-bond acceptors (Lipinski definition) is 7. The van der Waals surface area contributed by atoms with E-state index in [1.807, 2.05) is 0 Å². The summed E-state index contributed by atoms with van der Waals surface area (Å²) in [5, 5.41) is 14.2. The lowest BCUT2D eigenvalue weighted by atomic mass is 10.2. The summed E-state index contributed by atoms with van der Waals surface area (Å²) in [5.41, 5.74) is 1.66. The predicted molar refractivity (Wildman–Crippen MR) is 114 cm³/mol. The van der Waals surface area contributed by atoms with Crippen molar-refractivity contribution in [2.75, 3.05) is 37.9 Å². The molecule has 0 saturated carbocycles. The molecule has 0 unspecified atom stereocenters. The first-order valence-electron chi connectivity index (χ1n) is 9.15. The van der Waals surface area contributed by atoms with Gasteiger partial charge >= 0.3 is 6.03 Å². The van der Waals surface area contributed by atoms with Crippen molar-refractivity contribution in [3.63, 3.8) is 0 Å². The number of rotatable bonds is 8. The maximum atomic E-state index is 12.3. The van der Waals surface area contributed by atoms with Gasteiger partial charge in [-0.1, -0.05) is 0 Å². The molecule has 0 aliphatic rings. The highest BCUT2D eigenvalue weighted by Crippen LogP contribution is 2.22. The summed E-state index contributed by atoms with van der Waals surface area (Å²) in [6, 6.07) is 8.26. The van der Waals surface area contributed by atoms with Crippen LogP contribution in [0.3, 0.4) is 0 Å². The summed E-state index contributed by atoms with van der Waals surface area (Å²) in [4.78, 5) is 22.0. The van der Waals surface area contributed by atoms with E-state index in [4.69, 9.17) is 5.11 Å². The first-order valence-corrected chi connectivity index (χ1v) is 10.9. The summed E-state index contributed by atoms with van der Waals surface area (Å²) in [7, 11) is -0.0395. The molecule has 9 nitrogen and oxygen atoms in total. The molecule has 3 N–H and O–H groups in total. The molecule has 0 radical (unpaired) electrons. The SMILES string of the molecule is CC(C)S(=O)(=O)Cc1cc(NCCO)nc(-c2ccc(NC(=O)N(C)C)cc2)n1. The smallest absolute Gasteiger partial charge is 0.321 e. The zero-order valence-corrected chi connectivity index (χ0v) is 17.8. The second kappa shape index (κ2) is 9.66. The number of carbonyl (C=O) groups excluding carboxylic acids is 1. The van der Waals surface area contributed by atoms with Gasteiger partial charge in [0.2, 0.25) is 0 Å². The lowest BCUT2D eigenvalue weighted by molar-refractivity contribution is 0.230. The molecule has 0 bridgehead atoms. The Morgan fingerprint density at radius 1 is 1.17 bits per heavy atom. The molecule has 2 amide bonds. The van der Waals surface area contributed by atoms with Crippen LogP contribution in [-0.2, 0) is 15.6 Å². The summed E-state index contributed by atoms with van der Waals surface area (Å²) >= 11 is 0. The lowest BCUT2D eigenvalue weighted by Crippen LogP contribution is -2.27. The molecule has 0 aliphatic heterocycles. The number of aliphatic hydroxyl groups excluding tert-OH is 1. The largest absolute Gasteiger partial charge is 0.395 e. The van der Waals surface area contributed by atoms with Crippen LogP contribution >= 0.6 is 0 Å². The van der Waals surface area contributed by atoms with E-state index in [1.165, 1.54) is 4.90 Å². The number of anilines is 2. The molecule has 2 rings (SSSR count). The van der Waals surface area contributed by atoms with Crippen molar-refractivity contribution in [3.8, 4) is 11.4 Å². The van der Waals surface area contributed by atoms with E-state index in [9.17, 15) is 13.2 Å². The summed E-state index contributed by atoms with van der Waals surface area (Å²) in [6.07, 6.45) is 0. The minimum absolute atomic E-state index is 0.0841. The molecule has 0 saturated heterocycles. The Balaban J connectivity index is 2.35. The fourth-order valence-electron chi connectivity index (χ4n) is 2.29. The number of carbonyl (C=O) groups is 1. The van der Waals surface area contributed by atoms with Gasteiger partial charge in [0.1, 0.15) is 5.82 Å². The minimum Gasteiger partial charge on any atom is -0.395 e. The Hall–Kier alpha value is -2.72. The summed E-state index contributed by atoms with van der Waals surface area (Å²) in [6.45, 7) is 3.45. The van der Waals surface area contributed by atoms with Gasteiger partial charge in [0, 0.05) is 38.0 Å². The van der Waals surface area contributed by atoms with E-state index in [1.54, 1.807) is 58.3 Å². The molecule has 1 aromatic carbocycles. The Morgan fingerprint density at radius 3 is 2.38 bits per heavy atom. The van der Waals surface area contributed by atoms with E-state index in [0.29, 0.717) is 28.6 Å². The Labute approximate surface area is 171 Å². The summed E-state index contributed by atoms with van der Waals surface area (Å²) < 4.78 is 24.6. The quantitative estimate of drug-likeness (QED) is 0.595. The average molecular weight is 422 g/mol. The molecular formula is C19H27N5O4S. The monoisotopic (exact) mass is 421 g/mol. The fourth-order valence-corrected chi connectivity index (χ4v) is 3.18. The van der Waals surface area contributed by atoms with Crippen molar-refractivity contribution >= 4 is 27.4 Å². The number of aliphatic hydroxyl groups is 1. The molecule has 158 valence electrons. The van der Waals surface area contributed by atoms with Gasteiger partial charge in [0.05, 0.1) is 23.3 Å². The Kier molecular flexibility index (Phi) is 7.52. The third-order valence-electron chi connectivity index (χ3n) is 4.06. The highest BCUT2D eigenvalue weighted by atomic mass is 32.2. The zero-order chi connectivity index (χ0) is 21.6. The molecular weight excluding hydrogens is 394 g/mol. The molecule has 1 aromatic heterocycles. The standard InChI is InChI=1S/C19H27N5O4S/c1-13(2)29(27,28)12-16-11-17(20-9-10-25)23-18(21-16)14-5-7-15(8-6-14)22-19(26)24(3)4/h5-8,11,13,25H,9-10,12H2,1-4H3,(H,22,26)(H,20,21,23). The van der Waals surface area contributed by atoms with Crippen molar-refractivity contribution in [2.45, 2.75) is 24.9 Å². The van der Waals surface area contributed by atoms with Crippen molar-refractivity contribution in [1.29, 1.82) is 0 Å². The van der Waals surface area contributed by atoms with Gasteiger partial charge in [0.25, 0.3) is 0 Å². The van der Waals surface area contributed by atoms with Crippen LogP contribution in [0.1, 0.15) is 19.5 Å². The second-order valence-electron chi connectivity index (χ2n) is 6.98. The first-order chi connectivity index (χ1) is 13.6. The third-order valence-corrected chi connectivity index (χ3v) is 6.20. The van der Waals surface area contributed by atoms with E-state index in [0.717, 1.165) is 0 Å². The number of nitrogens with one attached hydrogen (secondary N) is 2. The molecule has 0 fully saturated rings. The number of benzene rings is 1. The van der Waals surface area contributed by atoms with Crippen LogP contribution < -0.4 is 10.6 Å². The zero-order valence-electron chi connectivity index (χ0n) is 17.0. The number of sulfone groups is 1. The molecule has 1 heterocycles. The third kappa shape index (κ3) is 6.40. The van der Waals surface area contributed by atoms with E-state index in [-0.39, 0.29) is 24.9 Å². The van der Waals surface area contributed by atoms with Crippen LogP contribution in [0.5, 0.6) is 0 Å². The first kappa shape index (κ1) is 22.6. The maximum absolute atomic E-state index is 12.3. The van der Waals surface area contributed by atoms with Crippen LogP contribution in [0.2, 0.25) is 0 Å². The number of urea groups is 1. The van der Waals surface area contributed by atoms with Crippen molar-refractivity contribution in [3.05, 3.63) is 36.0 Å². The van der Waals surface area contributed by atoms with Gasteiger partial charge in [-0.15, -0.1) is 0 Å². The van der Waals surface area contributed by atoms with E-state index in [2.05, 4.69) is 20.6 Å². The Bertz CT molecular complexity index is 944. The van der Waals surface area contributed by atoms with Crippen molar-refractivity contribution < 1.29 is 18.3 Å². The van der Waals surface area contributed by atoms with Crippen molar-refractivity contribution in [2.24, 2.45) is 0 Å². The molecule has 0 aliphatic carbocycles. The highest BCUT2D eigenvalue weighted by Gasteiger charge is 2.19.